The van der Waals surface area contributed by atoms with Gasteiger partial charge in [0.2, 0.25) is 5.91 Å². The zero-order valence-electron chi connectivity index (χ0n) is 8.93. The number of hydrogen-bond donors (Lipinski definition) is 1. The van der Waals surface area contributed by atoms with Crippen LogP contribution in [-0.4, -0.2) is 24.5 Å². The average Bonchev–Trinajstić information content (AvgIpc) is 2.28. The fraction of sp³-hybridized carbons (Fsp3) is 0.364. The number of benzene rings is 1. The zero-order valence-corrected chi connectivity index (χ0v) is 10.6. The fourth-order valence-electron chi connectivity index (χ4n) is 1.18. The molecule has 0 aliphatic rings. The van der Waals surface area contributed by atoms with E-state index in [1.165, 1.54) is 4.90 Å². The minimum absolute atomic E-state index is 0.00854. The number of rotatable bonds is 4. The van der Waals surface area contributed by atoms with E-state index >= 15 is 0 Å². The van der Waals surface area contributed by atoms with Crippen LogP contribution < -0.4 is 4.90 Å². The van der Waals surface area contributed by atoms with Crippen LogP contribution >= 0.6 is 24.4 Å². The molecule has 1 aromatic carbocycles. The number of thiol groups is 1. The molecule has 4 heteroatoms. The Labute approximate surface area is 100 Å². The van der Waals surface area contributed by atoms with E-state index in [0.717, 1.165) is 11.4 Å². The van der Waals surface area contributed by atoms with Gasteiger partial charge in [0.25, 0.3) is 0 Å². The molecule has 0 radical (unpaired) electrons. The molecule has 0 unspecified atom stereocenters. The molecule has 1 rings (SSSR count). The number of carbonyl (C=O) groups excluding carboxylic acids is 1. The van der Waals surface area contributed by atoms with Gasteiger partial charge in [0.05, 0.1) is 5.75 Å². The molecular formula is C11H15NOS2. The maximum atomic E-state index is 11.4. The van der Waals surface area contributed by atoms with Crippen molar-refractivity contribution in [2.75, 3.05) is 23.5 Å². The number of nitrogens with zero attached hydrogens (tertiary/aromatic N) is 1. The van der Waals surface area contributed by atoms with Crippen LogP contribution in [-0.2, 0) is 4.79 Å². The average molecular weight is 241 g/mol. The van der Waals surface area contributed by atoms with Gasteiger partial charge in [-0.1, -0.05) is 6.92 Å². The van der Waals surface area contributed by atoms with E-state index < -0.39 is 0 Å². The highest BCUT2D eigenvalue weighted by atomic mass is 32.2. The molecule has 0 saturated carbocycles. The van der Waals surface area contributed by atoms with Crippen LogP contribution in [0.3, 0.4) is 0 Å². The van der Waals surface area contributed by atoms with Crippen molar-refractivity contribution < 1.29 is 4.79 Å². The third-order valence-corrected chi connectivity index (χ3v) is 3.21. The van der Waals surface area contributed by atoms with Gasteiger partial charge >= 0.3 is 0 Å². The highest BCUT2D eigenvalue weighted by molar-refractivity contribution is 7.99. The van der Waals surface area contributed by atoms with Gasteiger partial charge in [0.1, 0.15) is 0 Å². The molecule has 0 fully saturated rings. The topological polar surface area (TPSA) is 20.3 Å². The van der Waals surface area contributed by atoms with E-state index in [-0.39, 0.29) is 11.7 Å². The van der Waals surface area contributed by atoms with E-state index in [2.05, 4.69) is 19.6 Å². The van der Waals surface area contributed by atoms with Crippen LogP contribution in [0.25, 0.3) is 0 Å². The van der Waals surface area contributed by atoms with Crippen molar-refractivity contribution in [3.63, 3.8) is 0 Å². The normalized spacial score (nSPS) is 10.1. The summed E-state index contributed by atoms with van der Waals surface area (Å²) in [6.07, 6.45) is 0. The Kier molecular flexibility index (Phi) is 5.05. The van der Waals surface area contributed by atoms with Gasteiger partial charge in [-0.25, -0.2) is 0 Å². The molecule has 0 aromatic heterocycles. The molecular weight excluding hydrogens is 226 g/mol. The van der Waals surface area contributed by atoms with Crippen molar-refractivity contribution in [2.45, 2.75) is 11.8 Å². The largest absolute Gasteiger partial charge is 0.315 e. The lowest BCUT2D eigenvalue weighted by molar-refractivity contribution is -0.115. The molecule has 1 amide bonds. The van der Waals surface area contributed by atoms with Gasteiger partial charge in [0.15, 0.2) is 0 Å². The quantitative estimate of drug-likeness (QED) is 0.646. The summed E-state index contributed by atoms with van der Waals surface area (Å²) in [5.41, 5.74) is 0.912. The first-order chi connectivity index (χ1) is 7.19. The molecule has 1 aromatic rings. The molecule has 0 bridgehead atoms. The smallest absolute Gasteiger partial charge is 0.236 e. The van der Waals surface area contributed by atoms with Crippen LogP contribution in [0.1, 0.15) is 6.92 Å². The van der Waals surface area contributed by atoms with Gasteiger partial charge < -0.3 is 4.90 Å². The minimum Gasteiger partial charge on any atom is -0.315 e. The molecule has 15 heavy (non-hydrogen) atoms. The van der Waals surface area contributed by atoms with Crippen molar-refractivity contribution in [3.8, 4) is 0 Å². The Morgan fingerprint density at radius 2 is 2.00 bits per heavy atom. The predicted molar refractivity (Wildman–Crippen MR) is 70.1 cm³/mol. The van der Waals surface area contributed by atoms with Crippen molar-refractivity contribution in [2.24, 2.45) is 0 Å². The van der Waals surface area contributed by atoms with Gasteiger partial charge in [0, 0.05) is 17.6 Å². The summed E-state index contributed by atoms with van der Waals surface area (Å²) < 4.78 is 0. The van der Waals surface area contributed by atoms with Gasteiger partial charge in [-0.3, -0.25) is 4.79 Å². The van der Waals surface area contributed by atoms with Crippen molar-refractivity contribution >= 4 is 36.0 Å². The third-order valence-electron chi connectivity index (χ3n) is 2.04. The lowest BCUT2D eigenvalue weighted by Crippen LogP contribution is -2.27. The van der Waals surface area contributed by atoms with Crippen LogP contribution in [0.2, 0.25) is 0 Å². The van der Waals surface area contributed by atoms with Crippen LogP contribution in [0.5, 0.6) is 0 Å². The summed E-state index contributed by atoms with van der Waals surface area (Å²) in [5, 5.41) is 0. The maximum absolute atomic E-state index is 11.4. The van der Waals surface area contributed by atoms with Gasteiger partial charge in [-0.05, 0) is 30.0 Å². The molecule has 0 aliphatic heterocycles. The summed E-state index contributed by atoms with van der Waals surface area (Å²) in [6.45, 7) is 2.12. The number of amides is 1. The first kappa shape index (κ1) is 12.5. The second kappa shape index (κ2) is 6.08. The Balaban J connectivity index is 2.75. The second-order valence-electron chi connectivity index (χ2n) is 3.04. The number of anilines is 1. The summed E-state index contributed by atoms with van der Waals surface area (Å²) in [5.74, 6) is 1.31. The minimum atomic E-state index is 0.00854. The second-order valence-corrected chi connectivity index (χ2v) is 4.69. The zero-order chi connectivity index (χ0) is 11.3. The van der Waals surface area contributed by atoms with Crippen molar-refractivity contribution in [1.29, 1.82) is 0 Å². The van der Waals surface area contributed by atoms with E-state index in [4.69, 9.17) is 0 Å². The molecule has 0 atom stereocenters. The first-order valence-electron chi connectivity index (χ1n) is 4.79. The summed E-state index contributed by atoms with van der Waals surface area (Å²) in [4.78, 5) is 14.2. The molecule has 0 N–H and O–H groups in total. The third kappa shape index (κ3) is 3.47. The molecule has 0 aliphatic carbocycles. The van der Waals surface area contributed by atoms with Crippen molar-refractivity contribution in [1.82, 2.24) is 0 Å². The Bertz CT molecular complexity index is 324. The van der Waals surface area contributed by atoms with Crippen LogP contribution in [0.4, 0.5) is 5.69 Å². The number of carbonyl (C=O) groups is 1. The van der Waals surface area contributed by atoms with E-state index in [9.17, 15) is 4.79 Å². The number of hydrogen-bond acceptors (Lipinski definition) is 3. The first-order valence-corrected chi connectivity index (χ1v) is 6.41. The monoisotopic (exact) mass is 241 g/mol. The molecule has 2 nitrogen and oxygen atoms in total. The molecule has 0 heterocycles. The molecule has 0 saturated heterocycles. The summed E-state index contributed by atoms with van der Waals surface area (Å²) in [7, 11) is 1.76. The predicted octanol–water partition coefficient (Wildman–Crippen LogP) is 2.69. The van der Waals surface area contributed by atoms with Gasteiger partial charge in [-0.15, -0.1) is 11.8 Å². The highest BCUT2D eigenvalue weighted by Gasteiger charge is 2.07. The van der Waals surface area contributed by atoms with Crippen LogP contribution in [0.15, 0.2) is 29.2 Å². The highest BCUT2D eigenvalue weighted by Crippen LogP contribution is 2.21. The van der Waals surface area contributed by atoms with Crippen LogP contribution in [0, 0.1) is 0 Å². The van der Waals surface area contributed by atoms with Crippen molar-refractivity contribution in [3.05, 3.63) is 24.3 Å². The fourth-order valence-corrected chi connectivity index (χ4v) is 2.06. The SMILES string of the molecule is CCSc1ccc(N(C)C(=O)CS)cc1. The lowest BCUT2D eigenvalue weighted by Gasteiger charge is -2.16. The standard InChI is InChI=1S/C11H15NOS2/c1-3-15-10-6-4-9(5-7-10)12(2)11(13)8-14/h4-7,14H,3,8H2,1-2H3. The summed E-state index contributed by atoms with van der Waals surface area (Å²) in [6, 6.07) is 7.98. The van der Waals surface area contributed by atoms with E-state index in [1.807, 2.05) is 24.3 Å². The summed E-state index contributed by atoms with van der Waals surface area (Å²) >= 11 is 5.75. The van der Waals surface area contributed by atoms with E-state index in [1.54, 1.807) is 23.7 Å². The molecule has 82 valence electrons. The lowest BCUT2D eigenvalue weighted by atomic mass is 10.3. The Morgan fingerprint density at radius 3 is 2.47 bits per heavy atom. The maximum Gasteiger partial charge on any atom is 0.236 e. The Morgan fingerprint density at radius 1 is 1.40 bits per heavy atom. The molecule has 0 spiro atoms. The Hall–Kier alpha value is -0.610. The van der Waals surface area contributed by atoms with Gasteiger partial charge in [-0.2, -0.15) is 12.6 Å². The van der Waals surface area contributed by atoms with E-state index in [0.29, 0.717) is 0 Å². The number of thioether (sulfide) groups is 1.